The van der Waals surface area contributed by atoms with Gasteiger partial charge in [-0.05, 0) is 33.3 Å². The monoisotopic (exact) mass is 340 g/mol. The molecule has 1 N–H and O–H groups in total. The second-order valence-electron chi connectivity index (χ2n) is 5.96. The largest absolute Gasteiger partial charge is 0.305 e. The summed E-state index contributed by atoms with van der Waals surface area (Å²) in [7, 11) is 0. The van der Waals surface area contributed by atoms with E-state index in [9.17, 15) is 0 Å². The van der Waals surface area contributed by atoms with Crippen molar-refractivity contribution >= 4 is 41.0 Å². The zero-order valence-corrected chi connectivity index (χ0v) is 15.5. The van der Waals surface area contributed by atoms with Crippen molar-refractivity contribution in [2.45, 2.75) is 27.7 Å². The molecule has 0 bridgehead atoms. The van der Waals surface area contributed by atoms with Gasteiger partial charge in [-0.3, -0.25) is 4.99 Å². The molecule has 0 atom stereocenters. The van der Waals surface area contributed by atoms with Gasteiger partial charge in [-0.2, -0.15) is 0 Å². The number of rotatable bonds is 2. The number of nitrogens with one attached hydrogen (secondary N) is 1. The Morgan fingerprint density at radius 3 is 2.43 bits per heavy atom. The molecule has 0 saturated carbocycles. The highest BCUT2D eigenvalue weighted by Gasteiger charge is 2.26. The van der Waals surface area contributed by atoms with Crippen LogP contribution in [0.15, 0.2) is 34.2 Å². The van der Waals surface area contributed by atoms with Gasteiger partial charge in [-0.25, -0.2) is 0 Å². The van der Waals surface area contributed by atoms with E-state index in [0.717, 1.165) is 26.6 Å². The minimum absolute atomic E-state index is 0.526. The van der Waals surface area contributed by atoms with Gasteiger partial charge in [0.25, 0.3) is 0 Å². The number of nitrogens with zero attached hydrogens (tertiary/aromatic N) is 1. The Kier molecular flexibility index (Phi) is 4.30. The smallest absolute Gasteiger partial charge is 0.0740 e. The molecule has 4 heteroatoms. The summed E-state index contributed by atoms with van der Waals surface area (Å²) in [5.41, 5.74) is 7.30. The van der Waals surface area contributed by atoms with Gasteiger partial charge in [-0.1, -0.05) is 29.8 Å². The van der Waals surface area contributed by atoms with Gasteiger partial charge in [0.05, 0.1) is 12.3 Å². The standard InChI is InChI=1S/C19H20N2S2/c1-10-5-7-14(8-6-10)18-16-11(2)13(4)23-19(16)17(12(3)20)15(22)9-21-18/h5-8,20,22H,9H2,1-4H3. The molecule has 0 fully saturated rings. The van der Waals surface area contributed by atoms with Crippen LogP contribution in [0.2, 0.25) is 0 Å². The quantitative estimate of drug-likeness (QED) is 0.556. The van der Waals surface area contributed by atoms with E-state index in [1.54, 1.807) is 11.3 Å². The summed E-state index contributed by atoms with van der Waals surface area (Å²) in [6.45, 7) is 8.73. The van der Waals surface area contributed by atoms with Crippen LogP contribution >= 0.6 is 24.0 Å². The number of hydrogen-bond acceptors (Lipinski definition) is 4. The summed E-state index contributed by atoms with van der Waals surface area (Å²) >= 11 is 6.38. The number of benzene rings is 1. The molecule has 0 amide bonds. The molecule has 0 aliphatic carbocycles. The van der Waals surface area contributed by atoms with Crippen molar-refractivity contribution in [2.24, 2.45) is 4.99 Å². The van der Waals surface area contributed by atoms with Crippen LogP contribution in [0.4, 0.5) is 0 Å². The summed E-state index contributed by atoms with van der Waals surface area (Å²) in [5, 5.41) is 8.17. The Hall–Kier alpha value is -1.65. The molecule has 23 heavy (non-hydrogen) atoms. The predicted molar refractivity (Wildman–Crippen MR) is 105 cm³/mol. The van der Waals surface area contributed by atoms with Crippen LogP contribution in [0.5, 0.6) is 0 Å². The highest BCUT2D eigenvalue weighted by atomic mass is 32.1. The Morgan fingerprint density at radius 2 is 1.83 bits per heavy atom. The fraction of sp³-hybridized carbons (Fsp3) is 0.263. The molecule has 2 nitrogen and oxygen atoms in total. The van der Waals surface area contributed by atoms with E-state index in [2.05, 4.69) is 57.7 Å². The van der Waals surface area contributed by atoms with Gasteiger partial charge in [0.15, 0.2) is 0 Å². The van der Waals surface area contributed by atoms with Gasteiger partial charge in [0.1, 0.15) is 0 Å². The first kappa shape index (κ1) is 16.2. The number of thiol groups is 1. The van der Waals surface area contributed by atoms with Crippen molar-refractivity contribution in [3.63, 3.8) is 0 Å². The first-order valence-corrected chi connectivity index (χ1v) is 8.86. The third kappa shape index (κ3) is 2.81. The number of aliphatic imine (C=N–C) groups is 1. The van der Waals surface area contributed by atoms with Crippen LogP contribution in [0, 0.1) is 26.2 Å². The Bertz CT molecular complexity index is 852. The van der Waals surface area contributed by atoms with E-state index < -0.39 is 0 Å². The molecule has 1 aliphatic heterocycles. The molecule has 0 spiro atoms. The Labute approximate surface area is 146 Å². The third-order valence-electron chi connectivity index (χ3n) is 4.22. The normalized spacial score (nSPS) is 14.4. The lowest BCUT2D eigenvalue weighted by molar-refractivity contribution is 1.23. The highest BCUT2D eigenvalue weighted by molar-refractivity contribution is 7.84. The zero-order chi connectivity index (χ0) is 16.7. The number of allylic oxidation sites excluding steroid dienone is 1. The van der Waals surface area contributed by atoms with Crippen molar-refractivity contribution in [2.75, 3.05) is 6.54 Å². The maximum Gasteiger partial charge on any atom is 0.0740 e. The average Bonchev–Trinajstić information content (AvgIpc) is 2.68. The maximum atomic E-state index is 8.17. The SMILES string of the molecule is CC(=N)C1=C(S)CN=C(c2ccc(C)cc2)c2c1sc(C)c2C. The molecule has 0 unspecified atom stereocenters. The average molecular weight is 341 g/mol. The van der Waals surface area contributed by atoms with E-state index in [-0.39, 0.29) is 0 Å². The fourth-order valence-corrected chi connectivity index (χ4v) is 4.58. The summed E-state index contributed by atoms with van der Waals surface area (Å²) in [5.74, 6) is 0. The van der Waals surface area contributed by atoms with Gasteiger partial charge >= 0.3 is 0 Å². The Morgan fingerprint density at radius 1 is 1.17 bits per heavy atom. The van der Waals surface area contributed by atoms with Crippen molar-refractivity contribution < 1.29 is 0 Å². The van der Waals surface area contributed by atoms with Gasteiger partial charge in [-0.15, -0.1) is 24.0 Å². The number of thiophene rings is 1. The minimum atomic E-state index is 0.526. The molecule has 1 aliphatic rings. The summed E-state index contributed by atoms with van der Waals surface area (Å²) in [6.07, 6.45) is 0. The molecule has 2 heterocycles. The van der Waals surface area contributed by atoms with Crippen LogP contribution < -0.4 is 0 Å². The van der Waals surface area contributed by atoms with E-state index in [1.807, 2.05) is 6.92 Å². The third-order valence-corrected chi connectivity index (χ3v) is 5.81. The molecule has 118 valence electrons. The topological polar surface area (TPSA) is 36.2 Å². The molecular weight excluding hydrogens is 320 g/mol. The highest BCUT2D eigenvalue weighted by Crippen LogP contribution is 2.39. The van der Waals surface area contributed by atoms with Crippen molar-refractivity contribution in [1.82, 2.24) is 0 Å². The molecule has 3 rings (SSSR count). The lowest BCUT2D eigenvalue weighted by Gasteiger charge is -2.10. The van der Waals surface area contributed by atoms with Crippen LogP contribution in [0.1, 0.15) is 38.9 Å². The fourth-order valence-electron chi connectivity index (χ4n) is 2.87. The lowest BCUT2D eigenvalue weighted by Crippen LogP contribution is -2.07. The van der Waals surface area contributed by atoms with Crippen molar-refractivity contribution in [3.05, 3.63) is 61.2 Å². The van der Waals surface area contributed by atoms with E-state index in [0.29, 0.717) is 12.3 Å². The Balaban J connectivity index is 2.28. The van der Waals surface area contributed by atoms with Gasteiger partial charge < -0.3 is 5.41 Å². The molecular formula is C19H20N2S2. The zero-order valence-electron chi connectivity index (χ0n) is 13.8. The number of aryl methyl sites for hydroxylation is 2. The van der Waals surface area contributed by atoms with E-state index in [4.69, 9.17) is 10.4 Å². The van der Waals surface area contributed by atoms with E-state index >= 15 is 0 Å². The maximum absolute atomic E-state index is 8.17. The van der Waals surface area contributed by atoms with Gasteiger partial charge in [0.2, 0.25) is 0 Å². The van der Waals surface area contributed by atoms with E-state index in [1.165, 1.54) is 21.6 Å². The first-order chi connectivity index (χ1) is 10.9. The predicted octanol–water partition coefficient (Wildman–Crippen LogP) is 5.20. The molecule has 2 aromatic rings. The van der Waals surface area contributed by atoms with Crippen LogP contribution in [0.25, 0.3) is 5.57 Å². The number of hydrogen-bond donors (Lipinski definition) is 2. The molecule has 1 aromatic carbocycles. The molecule has 1 aromatic heterocycles. The van der Waals surface area contributed by atoms with Crippen LogP contribution in [0.3, 0.4) is 0 Å². The second kappa shape index (κ2) is 6.10. The summed E-state index contributed by atoms with van der Waals surface area (Å²) in [6, 6.07) is 8.50. The number of fused-ring (bicyclic) bond motifs is 1. The second-order valence-corrected chi connectivity index (χ2v) is 7.73. The van der Waals surface area contributed by atoms with Crippen LogP contribution in [-0.4, -0.2) is 18.0 Å². The van der Waals surface area contributed by atoms with Crippen LogP contribution in [-0.2, 0) is 0 Å². The first-order valence-electron chi connectivity index (χ1n) is 7.60. The minimum Gasteiger partial charge on any atom is -0.305 e. The van der Waals surface area contributed by atoms with Gasteiger partial charge in [0, 0.05) is 37.1 Å². The molecule has 0 radical (unpaired) electrons. The summed E-state index contributed by atoms with van der Waals surface area (Å²) < 4.78 is 0. The van der Waals surface area contributed by atoms with Crippen molar-refractivity contribution in [3.8, 4) is 0 Å². The summed E-state index contributed by atoms with van der Waals surface area (Å²) in [4.78, 5) is 8.13. The van der Waals surface area contributed by atoms with Crippen molar-refractivity contribution in [1.29, 1.82) is 5.41 Å². The lowest BCUT2D eigenvalue weighted by atomic mass is 9.95. The molecule has 0 saturated heterocycles.